The SMILES string of the molecule is CCc1ccccc1CN(CC)c1cc(NCCN)c2cc(C(F)(F)F)ccc2n1. The van der Waals surface area contributed by atoms with Gasteiger partial charge >= 0.3 is 6.18 Å². The van der Waals surface area contributed by atoms with Crippen LogP contribution in [0.15, 0.2) is 48.5 Å². The number of hydrogen-bond acceptors (Lipinski definition) is 4. The molecule has 4 nitrogen and oxygen atoms in total. The molecule has 160 valence electrons. The summed E-state index contributed by atoms with van der Waals surface area (Å²) in [5, 5.41) is 3.60. The second kappa shape index (κ2) is 9.34. The molecular formula is C23H27F3N4. The van der Waals surface area contributed by atoms with Crippen molar-refractivity contribution in [2.75, 3.05) is 29.9 Å². The lowest BCUT2D eigenvalue weighted by Gasteiger charge is -2.25. The van der Waals surface area contributed by atoms with Gasteiger partial charge in [0.25, 0.3) is 0 Å². The van der Waals surface area contributed by atoms with E-state index in [4.69, 9.17) is 5.73 Å². The van der Waals surface area contributed by atoms with Crippen LogP contribution in [0.5, 0.6) is 0 Å². The van der Waals surface area contributed by atoms with Crippen LogP contribution in [-0.4, -0.2) is 24.6 Å². The third kappa shape index (κ3) is 4.84. The molecular weight excluding hydrogens is 389 g/mol. The maximum absolute atomic E-state index is 13.2. The first-order chi connectivity index (χ1) is 14.4. The summed E-state index contributed by atoms with van der Waals surface area (Å²) in [5.74, 6) is 0.718. The van der Waals surface area contributed by atoms with Gasteiger partial charge in [-0.15, -0.1) is 0 Å². The van der Waals surface area contributed by atoms with E-state index in [0.29, 0.717) is 42.8 Å². The van der Waals surface area contributed by atoms with Crippen LogP contribution in [0.2, 0.25) is 0 Å². The highest BCUT2D eigenvalue weighted by atomic mass is 19.4. The van der Waals surface area contributed by atoms with Crippen LogP contribution in [0.3, 0.4) is 0 Å². The van der Waals surface area contributed by atoms with E-state index in [0.717, 1.165) is 24.4 Å². The minimum atomic E-state index is -4.41. The Balaban J connectivity index is 2.05. The molecule has 3 N–H and O–H groups in total. The predicted octanol–water partition coefficient (Wildman–Crippen LogP) is 5.21. The lowest BCUT2D eigenvalue weighted by atomic mass is 10.0. The Kier molecular flexibility index (Phi) is 6.82. The predicted molar refractivity (Wildman–Crippen MR) is 117 cm³/mol. The van der Waals surface area contributed by atoms with Gasteiger partial charge in [-0.25, -0.2) is 4.98 Å². The van der Waals surface area contributed by atoms with E-state index in [-0.39, 0.29) is 0 Å². The highest BCUT2D eigenvalue weighted by Crippen LogP contribution is 2.35. The lowest BCUT2D eigenvalue weighted by Crippen LogP contribution is -2.24. The Morgan fingerprint density at radius 1 is 1.03 bits per heavy atom. The van der Waals surface area contributed by atoms with Gasteiger partial charge in [-0.3, -0.25) is 0 Å². The van der Waals surface area contributed by atoms with Crippen LogP contribution in [0.4, 0.5) is 24.7 Å². The molecule has 0 saturated heterocycles. The summed E-state index contributed by atoms with van der Waals surface area (Å²) in [7, 11) is 0. The van der Waals surface area contributed by atoms with Crippen molar-refractivity contribution < 1.29 is 13.2 Å². The van der Waals surface area contributed by atoms with Crippen molar-refractivity contribution in [3.8, 4) is 0 Å². The van der Waals surface area contributed by atoms with Gasteiger partial charge in [-0.1, -0.05) is 31.2 Å². The Morgan fingerprint density at radius 2 is 1.77 bits per heavy atom. The first kappa shape index (κ1) is 21.9. The molecule has 3 rings (SSSR count). The fourth-order valence-electron chi connectivity index (χ4n) is 3.52. The zero-order valence-corrected chi connectivity index (χ0v) is 17.3. The highest BCUT2D eigenvalue weighted by Gasteiger charge is 2.31. The monoisotopic (exact) mass is 416 g/mol. The summed E-state index contributed by atoms with van der Waals surface area (Å²) in [6.07, 6.45) is -3.47. The summed E-state index contributed by atoms with van der Waals surface area (Å²) in [6, 6.07) is 13.7. The van der Waals surface area contributed by atoms with Gasteiger partial charge in [-0.2, -0.15) is 13.2 Å². The number of fused-ring (bicyclic) bond motifs is 1. The second-order valence-corrected chi connectivity index (χ2v) is 7.11. The molecule has 1 aromatic heterocycles. The van der Waals surface area contributed by atoms with Crippen LogP contribution in [-0.2, 0) is 19.1 Å². The van der Waals surface area contributed by atoms with Gasteiger partial charge in [-0.05, 0) is 42.7 Å². The quantitative estimate of drug-likeness (QED) is 0.529. The zero-order valence-electron chi connectivity index (χ0n) is 17.3. The van der Waals surface area contributed by atoms with Crippen molar-refractivity contribution in [2.45, 2.75) is 33.0 Å². The zero-order chi connectivity index (χ0) is 21.7. The number of halogens is 3. The van der Waals surface area contributed by atoms with E-state index in [1.54, 1.807) is 0 Å². The number of hydrogen-bond donors (Lipinski definition) is 2. The summed E-state index contributed by atoms with van der Waals surface area (Å²) < 4.78 is 39.6. The number of nitrogens with one attached hydrogen (secondary N) is 1. The topological polar surface area (TPSA) is 54.2 Å². The fourth-order valence-corrected chi connectivity index (χ4v) is 3.52. The molecule has 3 aromatic rings. The van der Waals surface area contributed by atoms with Crippen molar-refractivity contribution >= 4 is 22.4 Å². The molecule has 0 bridgehead atoms. The normalized spacial score (nSPS) is 11.7. The molecule has 2 aromatic carbocycles. The minimum Gasteiger partial charge on any atom is -0.383 e. The Hall–Kier alpha value is -2.80. The molecule has 0 radical (unpaired) electrons. The molecule has 1 heterocycles. The van der Waals surface area contributed by atoms with E-state index in [9.17, 15) is 13.2 Å². The Morgan fingerprint density at radius 3 is 2.40 bits per heavy atom. The van der Waals surface area contributed by atoms with Crippen LogP contribution in [0.1, 0.15) is 30.5 Å². The van der Waals surface area contributed by atoms with E-state index in [2.05, 4.69) is 34.3 Å². The van der Waals surface area contributed by atoms with Gasteiger partial charge in [0.1, 0.15) is 5.82 Å². The number of pyridine rings is 1. The molecule has 0 spiro atoms. The summed E-state index contributed by atoms with van der Waals surface area (Å²) in [4.78, 5) is 6.80. The molecule has 0 aliphatic carbocycles. The van der Waals surface area contributed by atoms with Crippen LogP contribution in [0, 0.1) is 0 Å². The van der Waals surface area contributed by atoms with Crippen molar-refractivity contribution in [1.82, 2.24) is 4.98 Å². The van der Waals surface area contributed by atoms with Gasteiger partial charge in [0, 0.05) is 43.3 Å². The largest absolute Gasteiger partial charge is 0.416 e. The summed E-state index contributed by atoms with van der Waals surface area (Å²) in [5.41, 5.74) is 8.53. The molecule has 0 aliphatic heterocycles. The fraction of sp³-hybridized carbons (Fsp3) is 0.348. The van der Waals surface area contributed by atoms with E-state index in [1.165, 1.54) is 17.2 Å². The number of benzene rings is 2. The molecule has 30 heavy (non-hydrogen) atoms. The minimum absolute atomic E-state index is 0.374. The summed E-state index contributed by atoms with van der Waals surface area (Å²) >= 11 is 0. The van der Waals surface area contributed by atoms with Gasteiger partial charge in [0.05, 0.1) is 11.1 Å². The standard InChI is InChI=1S/C23H27F3N4/c1-3-16-7-5-6-8-17(16)15-30(4-2)22-14-21(28-12-11-27)19-13-18(23(24,25)26)9-10-20(19)29-22/h5-10,13-14H,3-4,11-12,15,27H2,1-2H3,(H,28,29). The molecule has 0 unspecified atom stereocenters. The number of nitrogens with two attached hydrogens (primary N) is 1. The van der Waals surface area contributed by atoms with Crippen LogP contribution >= 0.6 is 0 Å². The number of nitrogens with zero attached hydrogens (tertiary/aromatic N) is 2. The summed E-state index contributed by atoms with van der Waals surface area (Å²) in [6.45, 7) is 6.39. The van der Waals surface area contributed by atoms with Gasteiger partial charge in [0.2, 0.25) is 0 Å². The Bertz CT molecular complexity index is 1000. The smallest absolute Gasteiger partial charge is 0.383 e. The number of anilines is 2. The highest BCUT2D eigenvalue weighted by molar-refractivity contribution is 5.93. The van der Waals surface area contributed by atoms with Crippen molar-refractivity contribution in [3.63, 3.8) is 0 Å². The van der Waals surface area contributed by atoms with Crippen molar-refractivity contribution in [1.29, 1.82) is 0 Å². The lowest BCUT2D eigenvalue weighted by molar-refractivity contribution is -0.137. The van der Waals surface area contributed by atoms with Crippen LogP contribution < -0.4 is 16.0 Å². The van der Waals surface area contributed by atoms with Gasteiger partial charge in [0.15, 0.2) is 0 Å². The second-order valence-electron chi connectivity index (χ2n) is 7.11. The van der Waals surface area contributed by atoms with Crippen molar-refractivity contribution in [3.05, 3.63) is 65.2 Å². The third-order valence-corrected chi connectivity index (χ3v) is 5.15. The Labute approximate surface area is 174 Å². The average molecular weight is 416 g/mol. The first-order valence-electron chi connectivity index (χ1n) is 10.1. The van der Waals surface area contributed by atoms with Crippen molar-refractivity contribution in [2.24, 2.45) is 5.73 Å². The third-order valence-electron chi connectivity index (χ3n) is 5.15. The molecule has 0 fully saturated rings. The average Bonchev–Trinajstić information content (AvgIpc) is 2.74. The molecule has 0 amide bonds. The maximum atomic E-state index is 13.2. The molecule has 0 saturated carbocycles. The van der Waals surface area contributed by atoms with E-state index < -0.39 is 11.7 Å². The number of aromatic nitrogens is 1. The molecule has 7 heteroatoms. The first-order valence-corrected chi connectivity index (χ1v) is 10.1. The number of rotatable bonds is 8. The van der Waals surface area contributed by atoms with Gasteiger partial charge < -0.3 is 16.0 Å². The van der Waals surface area contributed by atoms with E-state index >= 15 is 0 Å². The molecule has 0 atom stereocenters. The molecule has 0 aliphatic rings. The maximum Gasteiger partial charge on any atom is 0.416 e. The number of aryl methyl sites for hydroxylation is 1. The van der Waals surface area contributed by atoms with Crippen LogP contribution in [0.25, 0.3) is 10.9 Å². The van der Waals surface area contributed by atoms with E-state index in [1.807, 2.05) is 25.1 Å². The number of alkyl halides is 3.